The molecule has 3 heterocycles. The molecule has 1 fully saturated rings. The molecule has 0 radical (unpaired) electrons. The molecule has 3 atom stereocenters. The van der Waals surface area contributed by atoms with Gasteiger partial charge in [-0.2, -0.15) is 0 Å². The fraction of sp³-hybridized carbons (Fsp3) is 0.316. The summed E-state index contributed by atoms with van der Waals surface area (Å²) in [5.41, 5.74) is 1.26. The Kier molecular flexibility index (Phi) is 5.09. The number of carbonyl (C=O) groups excluding carboxylic acids is 1. The van der Waals surface area contributed by atoms with Crippen molar-refractivity contribution in [1.82, 2.24) is 19.5 Å². The van der Waals surface area contributed by atoms with E-state index in [0.29, 0.717) is 23.1 Å². The summed E-state index contributed by atoms with van der Waals surface area (Å²) in [6, 6.07) is 8.74. The molecule has 0 bridgehead atoms. The van der Waals surface area contributed by atoms with E-state index < -0.39 is 18.5 Å². The van der Waals surface area contributed by atoms with Gasteiger partial charge in [-0.05, 0) is 18.6 Å². The number of amides is 1. The van der Waals surface area contributed by atoms with Gasteiger partial charge in [0.25, 0.3) is 5.91 Å². The van der Waals surface area contributed by atoms with E-state index in [9.17, 15) is 9.59 Å². The van der Waals surface area contributed by atoms with Crippen molar-refractivity contribution in [3.05, 3.63) is 48.5 Å². The average molecular weight is 397 g/mol. The molecular weight excluding hydrogens is 378 g/mol. The highest BCUT2D eigenvalue weighted by Crippen LogP contribution is 2.35. The van der Waals surface area contributed by atoms with Gasteiger partial charge in [0.2, 0.25) is 0 Å². The van der Waals surface area contributed by atoms with E-state index in [1.165, 1.54) is 12.7 Å². The van der Waals surface area contributed by atoms with Gasteiger partial charge in [0, 0.05) is 12.0 Å². The van der Waals surface area contributed by atoms with Gasteiger partial charge in [-0.15, -0.1) is 0 Å². The lowest BCUT2D eigenvalue weighted by atomic mass is 10.1. The Morgan fingerprint density at radius 1 is 1.28 bits per heavy atom. The Morgan fingerprint density at radius 2 is 2.07 bits per heavy atom. The Hall–Kier alpha value is -3.53. The van der Waals surface area contributed by atoms with E-state index in [4.69, 9.17) is 14.6 Å². The van der Waals surface area contributed by atoms with Crippen molar-refractivity contribution >= 4 is 29.0 Å². The van der Waals surface area contributed by atoms with E-state index in [1.807, 2.05) is 13.0 Å². The largest absolute Gasteiger partial charge is 0.506 e. The van der Waals surface area contributed by atoms with Crippen molar-refractivity contribution in [2.24, 2.45) is 0 Å². The molecule has 2 N–H and O–H groups in total. The fourth-order valence-corrected chi connectivity index (χ4v) is 3.36. The first kappa shape index (κ1) is 18.8. The number of hydrogen-bond acceptors (Lipinski definition) is 7. The van der Waals surface area contributed by atoms with Gasteiger partial charge in [0.05, 0.1) is 12.4 Å². The zero-order chi connectivity index (χ0) is 20.4. The molecule has 10 heteroatoms. The number of imidazole rings is 1. The zero-order valence-corrected chi connectivity index (χ0v) is 15.6. The number of anilines is 1. The Morgan fingerprint density at radius 3 is 2.79 bits per heavy atom. The van der Waals surface area contributed by atoms with Gasteiger partial charge in [-0.25, -0.2) is 19.7 Å². The van der Waals surface area contributed by atoms with E-state index in [-0.39, 0.29) is 17.8 Å². The molecule has 3 aromatic rings. The van der Waals surface area contributed by atoms with Crippen LogP contribution in [-0.4, -0.2) is 48.9 Å². The summed E-state index contributed by atoms with van der Waals surface area (Å²) in [4.78, 5) is 36.2. The van der Waals surface area contributed by atoms with E-state index in [1.54, 1.807) is 28.8 Å². The minimum Gasteiger partial charge on any atom is -0.450 e. The maximum Gasteiger partial charge on any atom is 0.506 e. The molecule has 10 nitrogen and oxygen atoms in total. The maximum absolute atomic E-state index is 12.5. The first-order valence-electron chi connectivity index (χ1n) is 9.15. The summed E-state index contributed by atoms with van der Waals surface area (Å²) in [5, 5.41) is 11.8. The second-order valence-corrected chi connectivity index (χ2v) is 6.58. The van der Waals surface area contributed by atoms with Crippen LogP contribution in [0.25, 0.3) is 11.2 Å². The second-order valence-electron chi connectivity index (χ2n) is 6.58. The summed E-state index contributed by atoms with van der Waals surface area (Å²) in [7, 11) is 0. The van der Waals surface area contributed by atoms with Gasteiger partial charge in [0.15, 0.2) is 29.3 Å². The molecule has 4 rings (SSSR count). The third-order valence-corrected chi connectivity index (χ3v) is 4.75. The fourth-order valence-electron chi connectivity index (χ4n) is 3.36. The van der Waals surface area contributed by atoms with Crippen molar-refractivity contribution < 1.29 is 24.2 Å². The SMILES string of the molecule is CC[C@@H]1C[C@@H](OC(=O)O)[C@H](n2cnc3c(NC(=O)c4ccccc4)ncnc32)O1. The number of benzene rings is 1. The van der Waals surface area contributed by atoms with Crippen LogP contribution >= 0.6 is 0 Å². The molecule has 1 saturated heterocycles. The molecule has 29 heavy (non-hydrogen) atoms. The molecule has 0 aliphatic carbocycles. The molecular formula is C19H19N5O5. The number of aromatic nitrogens is 4. The average Bonchev–Trinajstić information content (AvgIpc) is 3.32. The predicted molar refractivity (Wildman–Crippen MR) is 101 cm³/mol. The number of hydrogen-bond donors (Lipinski definition) is 2. The number of ether oxygens (including phenoxy) is 2. The molecule has 0 spiro atoms. The van der Waals surface area contributed by atoms with Crippen LogP contribution in [0.15, 0.2) is 43.0 Å². The van der Waals surface area contributed by atoms with Crippen molar-refractivity contribution in [3.63, 3.8) is 0 Å². The Bertz CT molecular complexity index is 1040. The van der Waals surface area contributed by atoms with Crippen LogP contribution in [0.1, 0.15) is 36.4 Å². The number of nitrogens with zero attached hydrogens (tertiary/aromatic N) is 4. The van der Waals surface area contributed by atoms with Gasteiger partial charge < -0.3 is 19.9 Å². The standard InChI is InChI=1S/C19H19N5O5/c1-2-12-8-13(29-19(26)27)18(28-12)24-10-22-14-15(20-9-21-16(14)24)23-17(25)11-6-4-3-5-7-11/h3-7,9-10,12-13,18H,2,8H2,1H3,(H,26,27)(H,20,21,23,25)/t12-,13-,18-/m1/s1. The van der Waals surface area contributed by atoms with Crippen LogP contribution in [0.2, 0.25) is 0 Å². The minimum atomic E-state index is -1.37. The number of carboxylic acid groups (broad SMARTS) is 1. The summed E-state index contributed by atoms with van der Waals surface area (Å²) in [5.74, 6) is -0.0706. The molecule has 150 valence electrons. The van der Waals surface area contributed by atoms with E-state index in [2.05, 4.69) is 20.3 Å². The van der Waals surface area contributed by atoms with Gasteiger partial charge >= 0.3 is 6.16 Å². The number of carbonyl (C=O) groups is 2. The number of fused-ring (bicyclic) bond motifs is 1. The molecule has 1 aliphatic heterocycles. The monoisotopic (exact) mass is 397 g/mol. The topological polar surface area (TPSA) is 128 Å². The third kappa shape index (κ3) is 3.74. The van der Waals surface area contributed by atoms with Crippen LogP contribution in [0.5, 0.6) is 0 Å². The minimum absolute atomic E-state index is 0.138. The van der Waals surface area contributed by atoms with Crippen molar-refractivity contribution in [3.8, 4) is 0 Å². The molecule has 1 aliphatic rings. The van der Waals surface area contributed by atoms with Crippen molar-refractivity contribution in [2.75, 3.05) is 5.32 Å². The molecule has 0 saturated carbocycles. The third-order valence-electron chi connectivity index (χ3n) is 4.75. The lowest BCUT2D eigenvalue weighted by Gasteiger charge is -2.19. The normalized spacial score (nSPS) is 21.2. The first-order chi connectivity index (χ1) is 14.1. The highest BCUT2D eigenvalue weighted by atomic mass is 16.7. The molecule has 1 amide bonds. The van der Waals surface area contributed by atoms with Crippen LogP contribution in [0.4, 0.5) is 10.6 Å². The lowest BCUT2D eigenvalue weighted by Crippen LogP contribution is -2.24. The quantitative estimate of drug-likeness (QED) is 0.629. The van der Waals surface area contributed by atoms with Gasteiger partial charge in [-0.3, -0.25) is 9.36 Å². The van der Waals surface area contributed by atoms with E-state index >= 15 is 0 Å². The lowest BCUT2D eigenvalue weighted by molar-refractivity contribution is -0.0487. The highest BCUT2D eigenvalue weighted by Gasteiger charge is 2.39. The van der Waals surface area contributed by atoms with Crippen LogP contribution in [-0.2, 0) is 9.47 Å². The van der Waals surface area contributed by atoms with Crippen molar-refractivity contribution in [2.45, 2.75) is 38.2 Å². The summed E-state index contributed by atoms with van der Waals surface area (Å²) >= 11 is 0. The zero-order valence-electron chi connectivity index (χ0n) is 15.6. The second kappa shape index (κ2) is 7.84. The smallest absolute Gasteiger partial charge is 0.450 e. The van der Waals surface area contributed by atoms with E-state index in [0.717, 1.165) is 6.42 Å². The summed E-state index contributed by atoms with van der Waals surface area (Å²) in [6.45, 7) is 1.95. The van der Waals surface area contributed by atoms with Crippen molar-refractivity contribution in [1.29, 1.82) is 0 Å². The molecule has 1 aromatic carbocycles. The molecule has 0 unspecified atom stereocenters. The number of nitrogens with one attached hydrogen (secondary N) is 1. The summed E-state index contributed by atoms with van der Waals surface area (Å²) < 4.78 is 12.6. The van der Waals surface area contributed by atoms with Gasteiger partial charge in [0.1, 0.15) is 6.33 Å². The predicted octanol–water partition coefficient (Wildman–Crippen LogP) is 2.84. The Labute approximate surface area is 165 Å². The van der Waals surface area contributed by atoms with Crippen LogP contribution in [0.3, 0.4) is 0 Å². The van der Waals surface area contributed by atoms with Crippen LogP contribution < -0.4 is 5.32 Å². The van der Waals surface area contributed by atoms with Crippen LogP contribution in [0, 0.1) is 0 Å². The highest BCUT2D eigenvalue weighted by molar-refractivity contribution is 6.06. The summed E-state index contributed by atoms with van der Waals surface area (Å²) in [6.07, 6.45) is 1.06. The number of rotatable bonds is 5. The van der Waals surface area contributed by atoms with Gasteiger partial charge in [-0.1, -0.05) is 25.1 Å². The molecule has 2 aromatic heterocycles. The Balaban J connectivity index is 1.65. The first-order valence-corrected chi connectivity index (χ1v) is 9.15. The maximum atomic E-state index is 12.5.